The molecule has 0 unspecified atom stereocenters. The van der Waals surface area contributed by atoms with Crippen molar-refractivity contribution >= 4 is 11.9 Å². The molecule has 2 aliphatic rings. The molecule has 5 atom stereocenters. The highest BCUT2D eigenvalue weighted by atomic mass is 19.4. The van der Waals surface area contributed by atoms with Crippen molar-refractivity contribution in [3.05, 3.63) is 65.7 Å². The van der Waals surface area contributed by atoms with Crippen LogP contribution in [-0.2, 0) is 20.4 Å². The molecule has 182 valence electrons. The van der Waals surface area contributed by atoms with Crippen molar-refractivity contribution in [1.29, 1.82) is 0 Å². The van der Waals surface area contributed by atoms with Crippen molar-refractivity contribution in [2.75, 3.05) is 6.61 Å². The van der Waals surface area contributed by atoms with Gasteiger partial charge in [0.15, 0.2) is 0 Å². The van der Waals surface area contributed by atoms with Gasteiger partial charge in [-0.15, -0.1) is 0 Å². The lowest BCUT2D eigenvalue weighted by molar-refractivity contribution is -0.142. The van der Waals surface area contributed by atoms with Gasteiger partial charge >= 0.3 is 18.1 Å². The third-order valence-corrected chi connectivity index (χ3v) is 6.36. The molecule has 0 radical (unpaired) electrons. The molecule has 1 saturated heterocycles. The number of esters is 2. The first-order valence-electron chi connectivity index (χ1n) is 11.1. The molecular formula is C25H25F3O6. The normalized spacial score (nSPS) is 24.9. The summed E-state index contributed by atoms with van der Waals surface area (Å²) >= 11 is 0. The van der Waals surface area contributed by atoms with Gasteiger partial charge in [-0.2, -0.15) is 13.2 Å². The maximum atomic E-state index is 12.9. The highest BCUT2D eigenvalue weighted by molar-refractivity contribution is 5.89. The van der Waals surface area contributed by atoms with Crippen LogP contribution in [0.3, 0.4) is 0 Å². The number of carbonyl (C=O) groups is 2. The minimum Gasteiger partial charge on any atom is -0.491 e. The fourth-order valence-electron chi connectivity index (χ4n) is 4.70. The van der Waals surface area contributed by atoms with E-state index in [2.05, 4.69) is 0 Å². The van der Waals surface area contributed by atoms with Crippen LogP contribution in [0, 0.1) is 11.8 Å². The van der Waals surface area contributed by atoms with Crippen LogP contribution in [0.1, 0.15) is 41.6 Å². The molecule has 0 bridgehead atoms. The van der Waals surface area contributed by atoms with E-state index in [-0.39, 0.29) is 49.1 Å². The van der Waals surface area contributed by atoms with Crippen LogP contribution in [-0.4, -0.2) is 42.0 Å². The molecule has 0 aromatic heterocycles. The van der Waals surface area contributed by atoms with E-state index < -0.39 is 29.9 Å². The number of hydrogen-bond donors (Lipinski definition) is 1. The molecule has 34 heavy (non-hydrogen) atoms. The van der Waals surface area contributed by atoms with E-state index in [1.54, 1.807) is 30.3 Å². The Labute approximate surface area is 194 Å². The van der Waals surface area contributed by atoms with Crippen LogP contribution in [0.5, 0.6) is 5.75 Å². The zero-order valence-electron chi connectivity index (χ0n) is 18.2. The summed E-state index contributed by atoms with van der Waals surface area (Å²) in [5, 5.41) is 10.4. The number of hydrogen-bond acceptors (Lipinski definition) is 6. The molecule has 1 aliphatic heterocycles. The zero-order chi connectivity index (χ0) is 24.3. The molecule has 2 aromatic carbocycles. The highest BCUT2D eigenvalue weighted by Gasteiger charge is 2.51. The van der Waals surface area contributed by atoms with E-state index in [0.29, 0.717) is 18.4 Å². The lowest BCUT2D eigenvalue weighted by atomic mass is 9.87. The summed E-state index contributed by atoms with van der Waals surface area (Å²) in [6, 6.07) is 13.0. The van der Waals surface area contributed by atoms with E-state index in [4.69, 9.17) is 14.2 Å². The Morgan fingerprint density at radius 2 is 1.91 bits per heavy atom. The second-order valence-corrected chi connectivity index (χ2v) is 8.67. The van der Waals surface area contributed by atoms with E-state index in [1.165, 1.54) is 12.1 Å². The van der Waals surface area contributed by atoms with Gasteiger partial charge in [0.2, 0.25) is 0 Å². The molecule has 0 amide bonds. The van der Waals surface area contributed by atoms with Crippen molar-refractivity contribution in [3.8, 4) is 5.75 Å². The van der Waals surface area contributed by atoms with Crippen molar-refractivity contribution in [1.82, 2.24) is 0 Å². The van der Waals surface area contributed by atoms with Gasteiger partial charge in [-0.1, -0.05) is 24.3 Å². The fourth-order valence-corrected chi connectivity index (χ4v) is 4.70. The number of alkyl halides is 3. The van der Waals surface area contributed by atoms with Crippen molar-refractivity contribution in [2.45, 2.75) is 50.2 Å². The first kappa shape index (κ1) is 24.1. The quantitative estimate of drug-likeness (QED) is 0.567. The lowest BCUT2D eigenvalue weighted by Gasteiger charge is -2.24. The molecule has 1 saturated carbocycles. The maximum absolute atomic E-state index is 12.9. The number of halogens is 3. The Morgan fingerprint density at radius 1 is 1.15 bits per heavy atom. The first-order chi connectivity index (χ1) is 16.2. The van der Waals surface area contributed by atoms with Gasteiger partial charge in [0.05, 0.1) is 23.7 Å². The number of benzene rings is 2. The number of ether oxygens (including phenoxy) is 3. The Morgan fingerprint density at radius 3 is 2.65 bits per heavy atom. The van der Waals surface area contributed by atoms with Crippen LogP contribution in [0.2, 0.25) is 0 Å². The average Bonchev–Trinajstić information content (AvgIpc) is 3.31. The summed E-state index contributed by atoms with van der Waals surface area (Å²) in [6.07, 6.45) is -4.89. The predicted molar refractivity (Wildman–Crippen MR) is 114 cm³/mol. The lowest BCUT2D eigenvalue weighted by Crippen LogP contribution is -2.28. The van der Waals surface area contributed by atoms with Crippen LogP contribution in [0.15, 0.2) is 54.6 Å². The van der Waals surface area contributed by atoms with Crippen LogP contribution >= 0.6 is 0 Å². The van der Waals surface area contributed by atoms with E-state index in [1.807, 2.05) is 0 Å². The summed E-state index contributed by atoms with van der Waals surface area (Å²) in [5.74, 6) is -1.04. The molecule has 2 aromatic rings. The van der Waals surface area contributed by atoms with Gasteiger partial charge in [0.1, 0.15) is 24.6 Å². The second-order valence-electron chi connectivity index (χ2n) is 8.67. The van der Waals surface area contributed by atoms with Crippen molar-refractivity contribution < 1.29 is 42.1 Å². The first-order valence-corrected chi connectivity index (χ1v) is 11.1. The number of fused-ring (bicyclic) bond motifs is 1. The second kappa shape index (κ2) is 10.0. The summed E-state index contributed by atoms with van der Waals surface area (Å²) in [5.41, 5.74) is -0.407. The summed E-state index contributed by atoms with van der Waals surface area (Å²) < 4.78 is 55.0. The Kier molecular flexibility index (Phi) is 7.11. The van der Waals surface area contributed by atoms with E-state index in [9.17, 15) is 27.9 Å². The highest BCUT2D eigenvalue weighted by Crippen LogP contribution is 2.45. The zero-order valence-corrected chi connectivity index (χ0v) is 18.2. The average molecular weight is 478 g/mol. The van der Waals surface area contributed by atoms with Crippen LogP contribution in [0.25, 0.3) is 0 Å². The van der Waals surface area contributed by atoms with E-state index in [0.717, 1.165) is 12.1 Å². The summed E-state index contributed by atoms with van der Waals surface area (Å²) in [4.78, 5) is 24.3. The van der Waals surface area contributed by atoms with E-state index >= 15 is 0 Å². The number of aliphatic hydroxyl groups excluding tert-OH is 1. The number of aliphatic hydroxyl groups is 1. The molecule has 2 fully saturated rings. The molecular weight excluding hydrogens is 453 g/mol. The van der Waals surface area contributed by atoms with Gasteiger partial charge in [-0.25, -0.2) is 4.79 Å². The van der Waals surface area contributed by atoms with Gasteiger partial charge in [-0.05, 0) is 43.2 Å². The molecule has 6 nitrogen and oxygen atoms in total. The third-order valence-electron chi connectivity index (χ3n) is 6.36. The molecule has 1 heterocycles. The van der Waals surface area contributed by atoms with Gasteiger partial charge in [0.25, 0.3) is 0 Å². The molecule has 4 rings (SSSR count). The minimum atomic E-state index is -4.48. The smallest absolute Gasteiger partial charge is 0.416 e. The van der Waals surface area contributed by atoms with Gasteiger partial charge < -0.3 is 19.3 Å². The molecule has 1 N–H and O–H groups in total. The van der Waals surface area contributed by atoms with Gasteiger partial charge in [0, 0.05) is 18.3 Å². The Bertz CT molecular complexity index is 1010. The largest absolute Gasteiger partial charge is 0.491 e. The van der Waals surface area contributed by atoms with Gasteiger partial charge in [-0.3, -0.25) is 4.79 Å². The SMILES string of the molecule is O=C1C[C@@H]2[C@@H](CC[C@H](O)COc3cccc(C(F)(F)F)c3)[C@H](OC(=O)c3ccccc3)C[C@@H]2O1. The molecule has 1 aliphatic carbocycles. The Hall–Kier alpha value is -3.07. The Balaban J connectivity index is 1.34. The van der Waals surface area contributed by atoms with Crippen molar-refractivity contribution in [2.24, 2.45) is 11.8 Å². The number of rotatable bonds is 8. The van der Waals surface area contributed by atoms with Crippen LogP contribution in [0.4, 0.5) is 13.2 Å². The standard InChI is InChI=1S/C25H25F3O6/c26-25(27,28)16-7-4-8-18(11-16)32-14-17(29)9-10-19-20-12-23(30)33-22(20)13-21(19)34-24(31)15-5-2-1-3-6-15/h1-8,11,17,19-22,29H,9-10,12-14H2/t17-,19+,20+,21+,22-/m0/s1. The minimum absolute atomic E-state index is 0.0132. The van der Waals surface area contributed by atoms with Crippen molar-refractivity contribution in [3.63, 3.8) is 0 Å². The fraction of sp³-hybridized carbons (Fsp3) is 0.440. The summed E-state index contributed by atoms with van der Waals surface area (Å²) in [6.45, 7) is -0.188. The third kappa shape index (κ3) is 5.70. The molecule has 0 spiro atoms. The summed E-state index contributed by atoms with van der Waals surface area (Å²) in [7, 11) is 0. The predicted octanol–water partition coefficient (Wildman–Crippen LogP) is 4.40. The monoisotopic (exact) mass is 478 g/mol. The molecule has 9 heteroatoms. The topological polar surface area (TPSA) is 82.1 Å². The van der Waals surface area contributed by atoms with Crippen LogP contribution < -0.4 is 4.74 Å². The maximum Gasteiger partial charge on any atom is 0.416 e. The number of carbonyl (C=O) groups excluding carboxylic acids is 2.